The van der Waals surface area contributed by atoms with Crippen LogP contribution in [0.25, 0.3) is 0 Å². The summed E-state index contributed by atoms with van der Waals surface area (Å²) in [6.45, 7) is 5.78. The van der Waals surface area contributed by atoms with E-state index < -0.39 is 0 Å². The first-order valence-electron chi connectivity index (χ1n) is 7.67. The predicted octanol–water partition coefficient (Wildman–Crippen LogP) is 2.64. The van der Waals surface area contributed by atoms with Gasteiger partial charge in [-0.05, 0) is 50.8 Å². The van der Waals surface area contributed by atoms with Crippen LogP contribution < -0.4 is 11.0 Å². The largest absolute Gasteiger partial charge is 0.344 e. The van der Waals surface area contributed by atoms with E-state index in [1.165, 1.54) is 11.8 Å². The number of aryl methyl sites for hydroxylation is 2. The Morgan fingerprint density at radius 3 is 2.87 bits per heavy atom. The van der Waals surface area contributed by atoms with E-state index >= 15 is 0 Å². The Morgan fingerprint density at radius 2 is 2.17 bits per heavy atom. The standard InChI is InChI=1S/C16H20N4O2S/c1-9-4-5-10(2)13(8-9)17-14(21)11(3)23-16-19-18-15(22)20(16)12-6-7-12/h4-5,8,11-12H,6-7H2,1-3H3,(H,17,21)(H,18,22)/t11-/m1/s1. The van der Waals surface area contributed by atoms with Crippen molar-refractivity contribution in [2.24, 2.45) is 0 Å². The summed E-state index contributed by atoms with van der Waals surface area (Å²) >= 11 is 1.31. The summed E-state index contributed by atoms with van der Waals surface area (Å²) in [7, 11) is 0. The van der Waals surface area contributed by atoms with Gasteiger partial charge in [0.1, 0.15) is 0 Å². The zero-order valence-corrected chi connectivity index (χ0v) is 14.2. The molecule has 6 nitrogen and oxygen atoms in total. The van der Waals surface area contributed by atoms with Crippen LogP contribution in [0.4, 0.5) is 5.69 Å². The van der Waals surface area contributed by atoms with Gasteiger partial charge in [0.2, 0.25) is 5.91 Å². The van der Waals surface area contributed by atoms with Crippen LogP contribution >= 0.6 is 11.8 Å². The van der Waals surface area contributed by atoms with Crippen LogP contribution in [-0.4, -0.2) is 25.9 Å². The maximum Gasteiger partial charge on any atom is 0.344 e. The first-order chi connectivity index (χ1) is 11.0. The molecule has 23 heavy (non-hydrogen) atoms. The summed E-state index contributed by atoms with van der Waals surface area (Å²) < 4.78 is 1.66. The third-order valence-corrected chi connectivity index (χ3v) is 4.95. The number of aromatic nitrogens is 3. The van der Waals surface area contributed by atoms with Gasteiger partial charge < -0.3 is 5.32 Å². The van der Waals surface area contributed by atoms with Crippen molar-refractivity contribution < 1.29 is 4.79 Å². The average Bonchev–Trinajstić information content (AvgIpc) is 3.27. The molecule has 1 aromatic carbocycles. The number of aromatic amines is 1. The van der Waals surface area contributed by atoms with Gasteiger partial charge in [0, 0.05) is 11.7 Å². The fourth-order valence-electron chi connectivity index (χ4n) is 2.34. The number of rotatable bonds is 5. The van der Waals surface area contributed by atoms with Crippen LogP contribution in [0.3, 0.4) is 0 Å². The zero-order valence-electron chi connectivity index (χ0n) is 13.4. The number of benzene rings is 1. The molecular weight excluding hydrogens is 312 g/mol. The molecule has 0 spiro atoms. The summed E-state index contributed by atoms with van der Waals surface area (Å²) in [5.41, 5.74) is 2.75. The van der Waals surface area contributed by atoms with E-state index in [0.29, 0.717) is 5.16 Å². The highest BCUT2D eigenvalue weighted by Gasteiger charge is 2.30. The second kappa shape index (κ2) is 6.23. The molecule has 0 unspecified atom stereocenters. The molecule has 1 fully saturated rings. The van der Waals surface area contributed by atoms with Crippen molar-refractivity contribution in [1.29, 1.82) is 0 Å². The Labute approximate surface area is 138 Å². The van der Waals surface area contributed by atoms with Crippen molar-refractivity contribution in [2.45, 2.75) is 50.1 Å². The fraction of sp³-hybridized carbons (Fsp3) is 0.438. The molecule has 2 N–H and O–H groups in total. The molecule has 0 radical (unpaired) electrons. The van der Waals surface area contributed by atoms with Crippen LogP contribution in [-0.2, 0) is 4.79 Å². The quantitative estimate of drug-likeness (QED) is 0.825. The molecular formula is C16H20N4O2S. The lowest BCUT2D eigenvalue weighted by Gasteiger charge is -2.14. The zero-order chi connectivity index (χ0) is 16.6. The van der Waals surface area contributed by atoms with Crippen LogP contribution in [0.5, 0.6) is 0 Å². The molecule has 1 saturated carbocycles. The highest BCUT2D eigenvalue weighted by Crippen LogP contribution is 2.36. The van der Waals surface area contributed by atoms with E-state index in [9.17, 15) is 9.59 Å². The maximum absolute atomic E-state index is 12.4. The van der Waals surface area contributed by atoms with E-state index in [2.05, 4.69) is 15.5 Å². The molecule has 3 rings (SSSR count). The molecule has 0 aliphatic heterocycles. The number of anilines is 1. The number of amides is 1. The van der Waals surface area contributed by atoms with Gasteiger partial charge in [-0.2, -0.15) is 0 Å². The number of nitrogens with zero attached hydrogens (tertiary/aromatic N) is 2. The Kier molecular flexibility index (Phi) is 4.30. The number of hydrogen-bond donors (Lipinski definition) is 2. The van der Waals surface area contributed by atoms with E-state index in [4.69, 9.17) is 0 Å². The lowest BCUT2D eigenvalue weighted by atomic mass is 10.1. The summed E-state index contributed by atoms with van der Waals surface area (Å²) in [6.07, 6.45) is 1.99. The Bertz CT molecular complexity index is 792. The predicted molar refractivity (Wildman–Crippen MR) is 91.0 cm³/mol. The van der Waals surface area contributed by atoms with Crippen molar-refractivity contribution in [2.75, 3.05) is 5.32 Å². The van der Waals surface area contributed by atoms with Crippen LogP contribution in [0.1, 0.15) is 36.9 Å². The van der Waals surface area contributed by atoms with Crippen LogP contribution in [0, 0.1) is 13.8 Å². The Balaban J connectivity index is 1.71. The van der Waals surface area contributed by atoms with Gasteiger partial charge in [-0.1, -0.05) is 23.9 Å². The van der Waals surface area contributed by atoms with Gasteiger partial charge in [-0.25, -0.2) is 9.89 Å². The number of H-pyrrole nitrogens is 1. The molecule has 1 amide bonds. The SMILES string of the molecule is Cc1ccc(C)c(NC(=O)[C@@H](C)Sc2n[nH]c(=O)n2C2CC2)c1. The maximum atomic E-state index is 12.4. The van der Waals surface area contributed by atoms with Crippen molar-refractivity contribution in [1.82, 2.24) is 14.8 Å². The molecule has 1 atom stereocenters. The smallest absolute Gasteiger partial charge is 0.325 e. The summed E-state index contributed by atoms with van der Waals surface area (Å²) in [5, 5.41) is 9.72. The van der Waals surface area contributed by atoms with Gasteiger partial charge >= 0.3 is 5.69 Å². The van der Waals surface area contributed by atoms with Crippen LogP contribution in [0.15, 0.2) is 28.2 Å². The van der Waals surface area contributed by atoms with Gasteiger partial charge in [-0.3, -0.25) is 9.36 Å². The highest BCUT2D eigenvalue weighted by atomic mass is 32.2. The van der Waals surface area contributed by atoms with E-state index in [1.807, 2.05) is 39.0 Å². The molecule has 1 aromatic heterocycles. The molecule has 1 aliphatic rings. The second-order valence-corrected chi connectivity index (χ2v) is 7.29. The normalized spacial score (nSPS) is 15.4. The van der Waals surface area contributed by atoms with Crippen molar-refractivity contribution in [3.05, 3.63) is 39.8 Å². The third-order valence-electron chi connectivity index (χ3n) is 3.89. The van der Waals surface area contributed by atoms with Gasteiger partial charge in [0.05, 0.1) is 5.25 Å². The molecule has 7 heteroatoms. The number of carbonyl (C=O) groups excluding carboxylic acids is 1. The fourth-order valence-corrected chi connectivity index (χ4v) is 3.27. The second-order valence-electron chi connectivity index (χ2n) is 5.98. The number of thioether (sulfide) groups is 1. The third kappa shape index (κ3) is 3.50. The molecule has 122 valence electrons. The van der Waals surface area contributed by atoms with E-state index in [0.717, 1.165) is 29.7 Å². The first-order valence-corrected chi connectivity index (χ1v) is 8.55. The summed E-state index contributed by atoms with van der Waals surface area (Å²) in [5.74, 6) is -0.0958. The molecule has 1 aliphatic carbocycles. The minimum Gasteiger partial charge on any atom is -0.325 e. The average molecular weight is 332 g/mol. The summed E-state index contributed by atoms with van der Waals surface area (Å²) in [4.78, 5) is 24.2. The minimum absolute atomic E-state index is 0.0958. The minimum atomic E-state index is -0.345. The van der Waals surface area contributed by atoms with Crippen molar-refractivity contribution in [3.8, 4) is 0 Å². The first kappa shape index (κ1) is 15.9. The van der Waals surface area contributed by atoms with Crippen molar-refractivity contribution in [3.63, 3.8) is 0 Å². The lowest BCUT2D eigenvalue weighted by Crippen LogP contribution is -2.24. The number of carbonyl (C=O) groups is 1. The summed E-state index contributed by atoms with van der Waals surface area (Å²) in [6, 6.07) is 6.19. The number of hydrogen-bond acceptors (Lipinski definition) is 4. The topological polar surface area (TPSA) is 79.8 Å². The molecule has 0 saturated heterocycles. The van der Waals surface area contributed by atoms with Gasteiger partial charge in [0.15, 0.2) is 5.16 Å². The Morgan fingerprint density at radius 1 is 1.43 bits per heavy atom. The van der Waals surface area contributed by atoms with Crippen molar-refractivity contribution >= 4 is 23.4 Å². The lowest BCUT2D eigenvalue weighted by molar-refractivity contribution is -0.115. The molecule has 0 bridgehead atoms. The van der Waals surface area contributed by atoms with Crippen LogP contribution in [0.2, 0.25) is 0 Å². The monoisotopic (exact) mass is 332 g/mol. The number of nitrogens with one attached hydrogen (secondary N) is 2. The molecule has 2 aromatic rings. The van der Waals surface area contributed by atoms with Gasteiger partial charge in [0.25, 0.3) is 0 Å². The van der Waals surface area contributed by atoms with Gasteiger partial charge in [-0.15, -0.1) is 5.10 Å². The van der Waals surface area contributed by atoms with E-state index in [1.54, 1.807) is 4.57 Å². The van der Waals surface area contributed by atoms with E-state index in [-0.39, 0.29) is 22.9 Å². The Hall–Kier alpha value is -2.02. The highest BCUT2D eigenvalue weighted by molar-refractivity contribution is 8.00. The molecule has 1 heterocycles.